The molecule has 2 fully saturated rings. The number of anilines is 1. The molecule has 3 aromatic rings. The highest BCUT2D eigenvalue weighted by Gasteiger charge is 2.51. The Kier molecular flexibility index (Phi) is 8.68. The smallest absolute Gasteiger partial charge is 0.379 e. The summed E-state index contributed by atoms with van der Waals surface area (Å²) >= 11 is 1.19. The monoisotopic (exact) mass is 595 g/mol. The van der Waals surface area contributed by atoms with E-state index in [1.54, 1.807) is 24.1 Å². The van der Waals surface area contributed by atoms with Crippen LogP contribution in [0.2, 0.25) is 0 Å². The molecule has 2 atom stereocenters. The number of thiazole rings is 1. The van der Waals surface area contributed by atoms with Crippen LogP contribution in [0.5, 0.6) is 0 Å². The van der Waals surface area contributed by atoms with E-state index in [1.165, 1.54) is 45.3 Å². The molecule has 4 heterocycles. The van der Waals surface area contributed by atoms with Gasteiger partial charge in [0.15, 0.2) is 0 Å². The molecular formula is C26H29F4N7O3S. The standard InChI is InChI=1S/C26H29F4N7O3S/c1-34(13-17-2-4-18(27)5-3-17)21-12-19(33-37(21)25(39)20-15-41-16-32-20)23-24(26(28,29)30)31-6-7-36(23)22(38)14-35-8-10-40-11-9-35/h2-5,12,15-16,23-24,31H,6-11,13-14H2,1H3. The third kappa shape index (κ3) is 6.58. The summed E-state index contributed by atoms with van der Waals surface area (Å²) in [5, 5.41) is 8.40. The fraction of sp³-hybridized carbons (Fsp3) is 0.462. The number of hydrogen-bond donors (Lipinski definition) is 1. The largest absolute Gasteiger partial charge is 0.406 e. The zero-order valence-corrected chi connectivity index (χ0v) is 23.0. The zero-order valence-electron chi connectivity index (χ0n) is 22.2. The van der Waals surface area contributed by atoms with Crippen LogP contribution in [0.4, 0.5) is 23.4 Å². The zero-order chi connectivity index (χ0) is 29.1. The van der Waals surface area contributed by atoms with Gasteiger partial charge in [0.05, 0.1) is 31.0 Å². The molecule has 1 amide bonds. The highest BCUT2D eigenvalue weighted by atomic mass is 32.1. The lowest BCUT2D eigenvalue weighted by atomic mass is 9.99. The second-order valence-electron chi connectivity index (χ2n) is 9.89. The van der Waals surface area contributed by atoms with Crippen LogP contribution in [0.3, 0.4) is 0 Å². The molecule has 2 unspecified atom stereocenters. The van der Waals surface area contributed by atoms with Crippen LogP contribution in [0.25, 0.3) is 0 Å². The first-order valence-corrected chi connectivity index (χ1v) is 13.9. The molecule has 2 saturated heterocycles. The lowest BCUT2D eigenvalue weighted by molar-refractivity contribution is -0.182. The first-order chi connectivity index (χ1) is 19.6. The van der Waals surface area contributed by atoms with Gasteiger partial charge in [0, 0.05) is 51.2 Å². The summed E-state index contributed by atoms with van der Waals surface area (Å²) in [5.74, 6) is -1.30. The van der Waals surface area contributed by atoms with Crippen molar-refractivity contribution >= 4 is 29.0 Å². The maximum Gasteiger partial charge on any atom is 0.406 e. The molecule has 0 bridgehead atoms. The van der Waals surface area contributed by atoms with Gasteiger partial charge in [-0.1, -0.05) is 12.1 Å². The molecule has 41 heavy (non-hydrogen) atoms. The van der Waals surface area contributed by atoms with E-state index in [0.29, 0.717) is 31.9 Å². The van der Waals surface area contributed by atoms with Crippen molar-refractivity contribution in [3.63, 3.8) is 0 Å². The molecule has 1 N–H and O–H groups in total. The Morgan fingerprint density at radius 1 is 1.17 bits per heavy atom. The molecule has 2 aliphatic rings. The number of hydrogen-bond acceptors (Lipinski definition) is 9. The molecular weight excluding hydrogens is 566 g/mol. The maximum atomic E-state index is 14.4. The number of alkyl halides is 3. The minimum Gasteiger partial charge on any atom is -0.379 e. The fourth-order valence-corrected chi connectivity index (χ4v) is 5.57. The molecule has 0 spiro atoms. The van der Waals surface area contributed by atoms with Crippen molar-refractivity contribution in [3.05, 3.63) is 64.0 Å². The summed E-state index contributed by atoms with van der Waals surface area (Å²) in [4.78, 5) is 35.6. The predicted octanol–water partition coefficient (Wildman–Crippen LogP) is 2.54. The summed E-state index contributed by atoms with van der Waals surface area (Å²) in [5.41, 5.74) is 2.17. The van der Waals surface area contributed by atoms with Crippen molar-refractivity contribution < 1.29 is 31.9 Å². The number of aromatic nitrogens is 3. The Morgan fingerprint density at radius 3 is 2.56 bits per heavy atom. The molecule has 10 nitrogen and oxygen atoms in total. The number of rotatable bonds is 7. The minimum absolute atomic E-state index is 0.0358. The minimum atomic E-state index is -4.70. The Balaban J connectivity index is 1.53. The first-order valence-electron chi connectivity index (χ1n) is 13.0. The fourth-order valence-electron chi connectivity index (χ4n) is 5.04. The average molecular weight is 596 g/mol. The summed E-state index contributed by atoms with van der Waals surface area (Å²) < 4.78 is 62.9. The number of nitrogens with zero attached hydrogens (tertiary/aromatic N) is 6. The number of carbonyl (C=O) groups is 2. The van der Waals surface area contributed by atoms with Crippen LogP contribution in [0, 0.1) is 5.82 Å². The normalized spacial score (nSPS) is 20.3. The van der Waals surface area contributed by atoms with Crippen molar-refractivity contribution in [2.75, 3.05) is 57.9 Å². The van der Waals surface area contributed by atoms with E-state index < -0.39 is 35.9 Å². The molecule has 220 valence electrons. The van der Waals surface area contributed by atoms with Crippen LogP contribution >= 0.6 is 11.3 Å². The Morgan fingerprint density at radius 2 is 1.90 bits per heavy atom. The van der Waals surface area contributed by atoms with Crippen LogP contribution in [0.15, 0.2) is 41.2 Å². The van der Waals surface area contributed by atoms with Gasteiger partial charge >= 0.3 is 6.18 Å². The summed E-state index contributed by atoms with van der Waals surface area (Å²) in [6, 6.07) is 3.54. The number of piperazine rings is 1. The van der Waals surface area contributed by atoms with Gasteiger partial charge < -0.3 is 19.9 Å². The molecule has 2 aromatic heterocycles. The van der Waals surface area contributed by atoms with E-state index in [2.05, 4.69) is 15.4 Å². The van der Waals surface area contributed by atoms with E-state index in [1.807, 2.05) is 4.90 Å². The Bertz CT molecular complexity index is 1340. The second-order valence-corrected chi connectivity index (χ2v) is 10.6. The highest BCUT2D eigenvalue weighted by molar-refractivity contribution is 7.07. The molecule has 0 saturated carbocycles. The van der Waals surface area contributed by atoms with E-state index in [9.17, 15) is 27.2 Å². The lowest BCUT2D eigenvalue weighted by Crippen LogP contribution is -2.61. The van der Waals surface area contributed by atoms with Crippen LogP contribution < -0.4 is 10.2 Å². The van der Waals surface area contributed by atoms with E-state index >= 15 is 0 Å². The van der Waals surface area contributed by atoms with Crippen LogP contribution in [-0.4, -0.2) is 102 Å². The maximum absolute atomic E-state index is 14.4. The third-order valence-electron chi connectivity index (χ3n) is 7.08. The van der Waals surface area contributed by atoms with Gasteiger partial charge in [-0.25, -0.2) is 9.37 Å². The number of carbonyl (C=O) groups excluding carboxylic acids is 2. The van der Waals surface area contributed by atoms with Crippen molar-refractivity contribution in [1.29, 1.82) is 0 Å². The molecule has 1 aromatic carbocycles. The number of ether oxygens (including phenoxy) is 1. The van der Waals surface area contributed by atoms with Crippen LogP contribution in [-0.2, 0) is 16.1 Å². The van der Waals surface area contributed by atoms with Gasteiger partial charge in [-0.2, -0.15) is 23.0 Å². The highest BCUT2D eigenvalue weighted by Crippen LogP contribution is 2.37. The topological polar surface area (TPSA) is 95.8 Å². The number of nitrogens with one attached hydrogen (secondary N) is 1. The van der Waals surface area contributed by atoms with E-state index in [-0.39, 0.29) is 43.4 Å². The summed E-state index contributed by atoms with van der Waals surface area (Å²) in [6.07, 6.45) is -4.70. The summed E-state index contributed by atoms with van der Waals surface area (Å²) in [7, 11) is 1.65. The van der Waals surface area contributed by atoms with Gasteiger partial charge in [0.1, 0.15) is 29.4 Å². The molecule has 5 rings (SSSR count). The number of amides is 1. The SMILES string of the molecule is CN(Cc1ccc(F)cc1)c1cc(C2C(C(F)(F)F)NCCN2C(=O)CN2CCOCC2)nn1C(=O)c1cscn1. The molecule has 15 heteroatoms. The number of benzene rings is 1. The lowest BCUT2D eigenvalue weighted by Gasteiger charge is -2.42. The van der Waals surface area contributed by atoms with E-state index in [4.69, 9.17) is 4.74 Å². The number of halogens is 4. The van der Waals surface area contributed by atoms with Crippen molar-refractivity contribution in [1.82, 2.24) is 29.9 Å². The third-order valence-corrected chi connectivity index (χ3v) is 7.67. The molecule has 0 aliphatic carbocycles. The van der Waals surface area contributed by atoms with Crippen LogP contribution in [0.1, 0.15) is 27.8 Å². The van der Waals surface area contributed by atoms with Gasteiger partial charge in [0.2, 0.25) is 5.91 Å². The summed E-state index contributed by atoms with van der Waals surface area (Å²) in [6.45, 7) is 2.02. The Hall–Kier alpha value is -3.40. The van der Waals surface area contributed by atoms with Crippen molar-refractivity contribution in [2.45, 2.75) is 24.8 Å². The van der Waals surface area contributed by atoms with Crippen molar-refractivity contribution in [3.8, 4) is 0 Å². The number of morpholine rings is 1. The van der Waals surface area contributed by atoms with Gasteiger partial charge in [-0.3, -0.25) is 14.5 Å². The van der Waals surface area contributed by atoms with Gasteiger partial charge in [0.25, 0.3) is 5.91 Å². The first kappa shape index (κ1) is 29.1. The van der Waals surface area contributed by atoms with Gasteiger partial charge in [-0.15, -0.1) is 11.3 Å². The second kappa shape index (κ2) is 12.2. The Labute approximate surface area is 237 Å². The average Bonchev–Trinajstić information content (AvgIpc) is 3.65. The predicted molar refractivity (Wildman–Crippen MR) is 142 cm³/mol. The quantitative estimate of drug-likeness (QED) is 0.417. The van der Waals surface area contributed by atoms with Gasteiger partial charge in [-0.05, 0) is 17.7 Å². The molecule has 2 aliphatic heterocycles. The molecule has 0 radical (unpaired) electrons. The van der Waals surface area contributed by atoms with E-state index in [0.717, 1.165) is 4.68 Å². The van der Waals surface area contributed by atoms with Crippen molar-refractivity contribution in [2.24, 2.45) is 0 Å².